The molecule has 2 atom stereocenters. The van der Waals surface area contributed by atoms with E-state index >= 15 is 0 Å². The normalized spacial score (nSPS) is 25.3. The first-order valence-corrected chi connectivity index (χ1v) is 12.3. The predicted molar refractivity (Wildman–Crippen MR) is 139 cm³/mol. The molecule has 4 bridgehead atoms. The van der Waals surface area contributed by atoms with E-state index < -0.39 is 0 Å². The van der Waals surface area contributed by atoms with Crippen molar-refractivity contribution < 1.29 is 9.84 Å². The van der Waals surface area contributed by atoms with E-state index in [4.69, 9.17) is 4.74 Å². The first-order chi connectivity index (χ1) is 16.2. The number of benzene rings is 4. The van der Waals surface area contributed by atoms with Crippen molar-refractivity contribution >= 4 is 10.8 Å². The molecule has 7 rings (SSSR count). The lowest BCUT2D eigenvalue weighted by Crippen LogP contribution is -2.50. The highest BCUT2D eigenvalue weighted by molar-refractivity contribution is 6.07. The minimum Gasteiger partial charge on any atom is -0.507 e. The minimum absolute atomic E-state index is 0.117. The van der Waals surface area contributed by atoms with Crippen LogP contribution in [0.15, 0.2) is 66.7 Å². The van der Waals surface area contributed by atoms with E-state index in [2.05, 4.69) is 75.4 Å². The molecule has 1 spiro atoms. The summed E-state index contributed by atoms with van der Waals surface area (Å²) in [5.74, 6) is 1.11. The van der Waals surface area contributed by atoms with Crippen LogP contribution in [0.5, 0.6) is 11.5 Å². The Bertz CT molecular complexity index is 1530. The Morgan fingerprint density at radius 1 is 0.735 bits per heavy atom. The van der Waals surface area contributed by atoms with Gasteiger partial charge < -0.3 is 9.84 Å². The molecule has 2 unspecified atom stereocenters. The molecule has 1 saturated carbocycles. The average Bonchev–Trinajstić information content (AvgIpc) is 2.90. The number of hydrogen-bond acceptors (Lipinski definition) is 2. The van der Waals surface area contributed by atoms with E-state index in [-0.39, 0.29) is 16.2 Å². The van der Waals surface area contributed by atoms with E-state index in [1.165, 1.54) is 45.4 Å². The second-order valence-electron chi connectivity index (χ2n) is 11.9. The summed E-state index contributed by atoms with van der Waals surface area (Å²) in [5.41, 5.74) is 9.51. The third-order valence-electron chi connectivity index (χ3n) is 8.90. The Morgan fingerprint density at radius 2 is 1.53 bits per heavy atom. The van der Waals surface area contributed by atoms with Crippen molar-refractivity contribution in [2.24, 2.45) is 5.41 Å². The van der Waals surface area contributed by atoms with Crippen molar-refractivity contribution in [3.8, 4) is 33.8 Å². The van der Waals surface area contributed by atoms with Gasteiger partial charge in [0.15, 0.2) is 0 Å². The molecule has 0 saturated heterocycles. The number of ether oxygens (including phenoxy) is 1. The summed E-state index contributed by atoms with van der Waals surface area (Å²) in [6.07, 6.45) is 3.34. The largest absolute Gasteiger partial charge is 0.507 e. The van der Waals surface area contributed by atoms with Gasteiger partial charge in [0, 0.05) is 10.8 Å². The minimum atomic E-state index is -0.139. The lowest BCUT2D eigenvalue weighted by molar-refractivity contribution is 0.0940. The molecule has 4 aromatic rings. The fourth-order valence-corrected chi connectivity index (χ4v) is 8.12. The second kappa shape index (κ2) is 6.24. The van der Waals surface area contributed by atoms with E-state index in [1.807, 2.05) is 12.1 Å². The zero-order chi connectivity index (χ0) is 23.5. The van der Waals surface area contributed by atoms with Gasteiger partial charge in [-0.3, -0.25) is 0 Å². The lowest BCUT2D eigenvalue weighted by Gasteiger charge is -2.57. The van der Waals surface area contributed by atoms with Gasteiger partial charge in [0.25, 0.3) is 0 Å². The zero-order valence-electron chi connectivity index (χ0n) is 20.3. The first kappa shape index (κ1) is 20.1. The number of phenols is 1. The first-order valence-electron chi connectivity index (χ1n) is 12.3. The molecule has 3 aliphatic rings. The van der Waals surface area contributed by atoms with Crippen molar-refractivity contribution in [3.63, 3.8) is 0 Å². The molecule has 4 aromatic carbocycles. The van der Waals surface area contributed by atoms with Crippen LogP contribution in [-0.2, 0) is 10.8 Å². The highest BCUT2D eigenvalue weighted by atomic mass is 16.5. The Kier molecular flexibility index (Phi) is 3.70. The van der Waals surface area contributed by atoms with Crippen LogP contribution in [0.4, 0.5) is 0 Å². The quantitative estimate of drug-likeness (QED) is 0.321. The molecule has 0 radical (unpaired) electrons. The van der Waals surface area contributed by atoms with E-state index in [0.29, 0.717) is 5.75 Å². The molecule has 1 N–H and O–H groups in total. The predicted octanol–water partition coefficient (Wildman–Crippen LogP) is 7.97. The average molecular weight is 447 g/mol. The maximum atomic E-state index is 11.4. The molecule has 2 heteroatoms. The number of rotatable bonds is 1. The van der Waals surface area contributed by atoms with Gasteiger partial charge >= 0.3 is 0 Å². The molecule has 34 heavy (non-hydrogen) atoms. The van der Waals surface area contributed by atoms with Crippen molar-refractivity contribution in [2.75, 3.05) is 7.11 Å². The maximum absolute atomic E-state index is 11.4. The van der Waals surface area contributed by atoms with Gasteiger partial charge in [-0.15, -0.1) is 0 Å². The topological polar surface area (TPSA) is 29.5 Å². The molecule has 170 valence electrons. The number of fused-ring (bicyclic) bond motifs is 9. The van der Waals surface area contributed by atoms with Gasteiger partial charge in [-0.25, -0.2) is 0 Å². The summed E-state index contributed by atoms with van der Waals surface area (Å²) in [6, 6.07) is 24.3. The van der Waals surface area contributed by atoms with Crippen LogP contribution in [0.2, 0.25) is 0 Å². The third kappa shape index (κ3) is 2.41. The van der Waals surface area contributed by atoms with Crippen LogP contribution in [-0.4, -0.2) is 12.2 Å². The molecule has 1 fully saturated rings. The Labute approximate surface area is 201 Å². The monoisotopic (exact) mass is 446 g/mol. The fraction of sp³-hybridized carbons (Fsp3) is 0.312. The zero-order valence-corrected chi connectivity index (χ0v) is 20.3. The Morgan fingerprint density at radius 3 is 2.32 bits per heavy atom. The summed E-state index contributed by atoms with van der Waals surface area (Å²) >= 11 is 0. The number of methoxy groups -OCH3 is 1. The van der Waals surface area contributed by atoms with Crippen LogP contribution < -0.4 is 4.74 Å². The second-order valence-corrected chi connectivity index (χ2v) is 11.9. The van der Waals surface area contributed by atoms with Gasteiger partial charge in [0.05, 0.1) is 7.11 Å². The molecule has 0 aliphatic heterocycles. The molecular weight excluding hydrogens is 416 g/mol. The lowest BCUT2D eigenvalue weighted by atomic mass is 9.46. The van der Waals surface area contributed by atoms with Crippen molar-refractivity contribution in [1.82, 2.24) is 0 Å². The summed E-state index contributed by atoms with van der Waals surface area (Å²) in [6.45, 7) is 7.32. The standard InChI is InChI=1S/C32H30O2/c1-30(2)16-31(3)18-32(17-30)26-13-19(31)9-11-22(26)21-7-5-6-8-23(21)29-24-12-10-20(34-4)14-25(24)28(33)15-27(29)32/h5-15,33H,16-18H2,1-4H3. The molecule has 2 nitrogen and oxygen atoms in total. The maximum Gasteiger partial charge on any atom is 0.123 e. The van der Waals surface area contributed by atoms with Crippen molar-refractivity contribution in [1.29, 1.82) is 0 Å². The van der Waals surface area contributed by atoms with E-state index in [1.54, 1.807) is 7.11 Å². The molecule has 0 amide bonds. The fourth-order valence-electron chi connectivity index (χ4n) is 8.12. The van der Waals surface area contributed by atoms with E-state index in [9.17, 15) is 5.11 Å². The van der Waals surface area contributed by atoms with Crippen LogP contribution in [0.3, 0.4) is 0 Å². The Hall–Kier alpha value is -3.26. The van der Waals surface area contributed by atoms with E-state index in [0.717, 1.165) is 29.4 Å². The summed E-state index contributed by atoms with van der Waals surface area (Å²) < 4.78 is 5.51. The summed E-state index contributed by atoms with van der Waals surface area (Å²) in [4.78, 5) is 0. The summed E-state index contributed by atoms with van der Waals surface area (Å²) in [5, 5.41) is 13.3. The molecular formula is C32H30O2. The SMILES string of the molecule is COc1ccc2c3c(cc(O)c2c1)C12CC(C)(C)CC(C)(C1)c1ccc(c2c1)-c1ccccc1-3. The van der Waals surface area contributed by atoms with Crippen LogP contribution in [0, 0.1) is 5.41 Å². The molecule has 0 heterocycles. The van der Waals surface area contributed by atoms with Crippen LogP contribution >= 0.6 is 0 Å². The van der Waals surface area contributed by atoms with Crippen molar-refractivity contribution in [3.05, 3.63) is 83.4 Å². The third-order valence-corrected chi connectivity index (χ3v) is 8.90. The van der Waals surface area contributed by atoms with Crippen LogP contribution in [0.25, 0.3) is 33.0 Å². The summed E-state index contributed by atoms with van der Waals surface area (Å²) in [7, 11) is 1.68. The molecule has 3 aliphatic carbocycles. The highest BCUT2D eigenvalue weighted by Gasteiger charge is 2.56. The number of phenolic OH excluding ortho intramolecular Hbond substituents is 1. The van der Waals surface area contributed by atoms with Gasteiger partial charge in [-0.05, 0) is 98.7 Å². The molecule has 0 aromatic heterocycles. The van der Waals surface area contributed by atoms with Gasteiger partial charge in [0.1, 0.15) is 11.5 Å². The van der Waals surface area contributed by atoms with Gasteiger partial charge in [0.2, 0.25) is 0 Å². The van der Waals surface area contributed by atoms with Gasteiger partial charge in [-0.1, -0.05) is 63.2 Å². The highest BCUT2D eigenvalue weighted by Crippen LogP contribution is 2.66. The Balaban J connectivity index is 1.71. The number of aromatic hydroxyl groups is 1. The van der Waals surface area contributed by atoms with Crippen LogP contribution in [0.1, 0.15) is 56.7 Å². The van der Waals surface area contributed by atoms with Crippen molar-refractivity contribution in [2.45, 2.75) is 50.9 Å². The van der Waals surface area contributed by atoms with Gasteiger partial charge in [-0.2, -0.15) is 0 Å². The smallest absolute Gasteiger partial charge is 0.123 e. The number of hydrogen-bond donors (Lipinski definition) is 1.